The maximum atomic E-state index is 11.5. The van der Waals surface area contributed by atoms with Crippen molar-refractivity contribution in [1.82, 2.24) is 15.6 Å². The Hall–Kier alpha value is -1.63. The first-order valence-corrected chi connectivity index (χ1v) is 6.59. The van der Waals surface area contributed by atoms with Gasteiger partial charge in [0.25, 0.3) is 0 Å². The second-order valence-electron chi connectivity index (χ2n) is 4.19. The molecule has 18 heavy (non-hydrogen) atoms. The Balaban J connectivity index is 2.30. The molecule has 6 nitrogen and oxygen atoms in total. The Morgan fingerprint density at radius 1 is 1.50 bits per heavy atom. The number of carbonyl (C=O) groups excluding carboxylic acids is 1. The number of carbonyl (C=O) groups is 2. The number of aromatic nitrogens is 1. The fourth-order valence-corrected chi connectivity index (χ4v) is 1.96. The number of hydrogen-bond acceptors (Lipinski definition) is 4. The minimum absolute atomic E-state index is 0.160. The third-order valence-electron chi connectivity index (χ3n) is 2.37. The van der Waals surface area contributed by atoms with Crippen molar-refractivity contribution in [1.29, 1.82) is 0 Å². The molecular weight excluding hydrogens is 254 g/mol. The highest BCUT2D eigenvalue weighted by atomic mass is 32.1. The van der Waals surface area contributed by atoms with Crippen molar-refractivity contribution in [2.45, 2.75) is 26.3 Å². The summed E-state index contributed by atoms with van der Waals surface area (Å²) >= 11 is 1.50. The molecule has 100 valence electrons. The second kappa shape index (κ2) is 6.95. The smallest absolute Gasteiger partial charge is 0.326 e. The van der Waals surface area contributed by atoms with Gasteiger partial charge in [0.2, 0.25) is 0 Å². The summed E-state index contributed by atoms with van der Waals surface area (Å²) in [6.07, 6.45) is 0.635. The van der Waals surface area contributed by atoms with Gasteiger partial charge in [0.05, 0.1) is 11.2 Å². The molecule has 1 aromatic rings. The molecule has 0 aliphatic carbocycles. The summed E-state index contributed by atoms with van der Waals surface area (Å²) in [6.45, 7) is 3.92. The highest BCUT2D eigenvalue weighted by Gasteiger charge is 2.22. The van der Waals surface area contributed by atoms with E-state index in [0.717, 1.165) is 5.69 Å². The fourth-order valence-electron chi connectivity index (χ4n) is 1.37. The van der Waals surface area contributed by atoms with Crippen LogP contribution in [0.1, 0.15) is 19.5 Å². The minimum Gasteiger partial charge on any atom is -0.480 e. The lowest BCUT2D eigenvalue weighted by molar-refractivity contribution is -0.140. The molecule has 1 aromatic heterocycles. The van der Waals surface area contributed by atoms with Crippen LogP contribution in [0.4, 0.5) is 4.79 Å². The van der Waals surface area contributed by atoms with Gasteiger partial charge in [0.15, 0.2) is 0 Å². The number of aliphatic carboxylic acids is 1. The van der Waals surface area contributed by atoms with Crippen molar-refractivity contribution < 1.29 is 14.7 Å². The van der Waals surface area contributed by atoms with Crippen LogP contribution in [-0.2, 0) is 11.2 Å². The Morgan fingerprint density at radius 3 is 2.72 bits per heavy atom. The minimum atomic E-state index is -1.03. The summed E-state index contributed by atoms with van der Waals surface area (Å²) in [5.74, 6) is -1.19. The van der Waals surface area contributed by atoms with Crippen molar-refractivity contribution >= 4 is 23.3 Å². The Morgan fingerprint density at radius 2 is 2.22 bits per heavy atom. The average Bonchev–Trinajstić information content (AvgIpc) is 2.78. The Labute approximate surface area is 109 Å². The molecule has 1 heterocycles. The van der Waals surface area contributed by atoms with Crippen LogP contribution in [0.5, 0.6) is 0 Å². The SMILES string of the molecule is CC(C)[C@H](NC(=O)NCCc1cscn1)C(=O)O. The van der Waals surface area contributed by atoms with Gasteiger partial charge < -0.3 is 15.7 Å². The number of carboxylic acids is 1. The molecule has 0 saturated heterocycles. The van der Waals surface area contributed by atoms with E-state index in [0.29, 0.717) is 13.0 Å². The van der Waals surface area contributed by atoms with E-state index >= 15 is 0 Å². The second-order valence-corrected chi connectivity index (χ2v) is 4.91. The van der Waals surface area contributed by atoms with Gasteiger partial charge in [0.1, 0.15) is 6.04 Å². The van der Waals surface area contributed by atoms with Crippen LogP contribution >= 0.6 is 11.3 Å². The first-order chi connectivity index (χ1) is 8.50. The quantitative estimate of drug-likeness (QED) is 0.722. The van der Waals surface area contributed by atoms with Crippen molar-refractivity contribution in [3.8, 4) is 0 Å². The molecule has 3 N–H and O–H groups in total. The zero-order valence-electron chi connectivity index (χ0n) is 10.3. The van der Waals surface area contributed by atoms with Gasteiger partial charge in [-0.3, -0.25) is 0 Å². The van der Waals surface area contributed by atoms with Crippen LogP contribution in [0.25, 0.3) is 0 Å². The summed E-state index contributed by atoms with van der Waals surface area (Å²) in [6, 6.07) is -1.34. The molecule has 0 fully saturated rings. The normalized spacial score (nSPS) is 12.2. The molecule has 0 bridgehead atoms. The summed E-state index contributed by atoms with van der Waals surface area (Å²) < 4.78 is 0. The van der Waals surface area contributed by atoms with E-state index in [1.54, 1.807) is 19.4 Å². The number of hydrogen-bond donors (Lipinski definition) is 3. The third-order valence-corrected chi connectivity index (χ3v) is 3.00. The molecule has 1 atom stereocenters. The van der Waals surface area contributed by atoms with Crippen LogP contribution in [0.3, 0.4) is 0 Å². The number of urea groups is 1. The highest BCUT2D eigenvalue weighted by molar-refractivity contribution is 7.07. The van der Waals surface area contributed by atoms with E-state index in [4.69, 9.17) is 5.11 Å². The lowest BCUT2D eigenvalue weighted by Gasteiger charge is -2.18. The summed E-state index contributed by atoms with van der Waals surface area (Å²) in [5.41, 5.74) is 2.65. The van der Waals surface area contributed by atoms with E-state index in [-0.39, 0.29) is 5.92 Å². The molecular formula is C11H17N3O3S. The van der Waals surface area contributed by atoms with Crippen LogP contribution in [0, 0.1) is 5.92 Å². The molecule has 0 aromatic carbocycles. The summed E-state index contributed by atoms with van der Waals surface area (Å²) in [5, 5.41) is 15.9. The van der Waals surface area contributed by atoms with Crippen LogP contribution in [0.15, 0.2) is 10.9 Å². The van der Waals surface area contributed by atoms with Gasteiger partial charge in [-0.15, -0.1) is 11.3 Å². The van der Waals surface area contributed by atoms with Gasteiger partial charge in [-0.1, -0.05) is 13.8 Å². The van der Waals surface area contributed by atoms with E-state index in [9.17, 15) is 9.59 Å². The van der Waals surface area contributed by atoms with E-state index in [1.807, 2.05) is 5.38 Å². The third kappa shape index (κ3) is 4.70. The van der Waals surface area contributed by atoms with E-state index in [2.05, 4.69) is 15.6 Å². The predicted molar refractivity (Wildman–Crippen MR) is 68.6 cm³/mol. The monoisotopic (exact) mass is 271 g/mol. The molecule has 0 aliphatic heterocycles. The van der Waals surface area contributed by atoms with Crippen molar-refractivity contribution in [3.63, 3.8) is 0 Å². The first-order valence-electron chi connectivity index (χ1n) is 5.65. The van der Waals surface area contributed by atoms with Crippen LogP contribution < -0.4 is 10.6 Å². The van der Waals surface area contributed by atoms with Gasteiger partial charge in [-0.2, -0.15) is 0 Å². The van der Waals surface area contributed by atoms with Gasteiger partial charge in [-0.05, 0) is 5.92 Å². The maximum Gasteiger partial charge on any atom is 0.326 e. The molecule has 0 radical (unpaired) electrons. The molecule has 0 saturated carbocycles. The average molecular weight is 271 g/mol. The van der Waals surface area contributed by atoms with Gasteiger partial charge >= 0.3 is 12.0 Å². The van der Waals surface area contributed by atoms with E-state index in [1.165, 1.54) is 11.3 Å². The number of nitrogens with zero attached hydrogens (tertiary/aromatic N) is 1. The largest absolute Gasteiger partial charge is 0.480 e. The number of amides is 2. The van der Waals surface area contributed by atoms with Crippen molar-refractivity contribution in [2.24, 2.45) is 5.92 Å². The van der Waals surface area contributed by atoms with Crippen molar-refractivity contribution in [3.05, 3.63) is 16.6 Å². The zero-order chi connectivity index (χ0) is 13.5. The Bertz CT molecular complexity index is 392. The van der Waals surface area contributed by atoms with Crippen LogP contribution in [-0.4, -0.2) is 34.7 Å². The predicted octanol–water partition coefficient (Wildman–Crippen LogP) is 1.09. The van der Waals surface area contributed by atoms with Crippen molar-refractivity contribution in [2.75, 3.05) is 6.54 Å². The molecule has 0 aliphatic rings. The maximum absolute atomic E-state index is 11.5. The Kier molecular flexibility index (Phi) is 5.57. The van der Waals surface area contributed by atoms with Gasteiger partial charge in [0, 0.05) is 18.3 Å². The fraction of sp³-hybridized carbons (Fsp3) is 0.545. The highest BCUT2D eigenvalue weighted by Crippen LogP contribution is 2.02. The zero-order valence-corrected chi connectivity index (χ0v) is 11.2. The first kappa shape index (κ1) is 14.4. The summed E-state index contributed by atoms with van der Waals surface area (Å²) in [7, 11) is 0. The molecule has 0 unspecified atom stereocenters. The summed E-state index contributed by atoms with van der Waals surface area (Å²) in [4.78, 5) is 26.5. The number of nitrogens with one attached hydrogen (secondary N) is 2. The van der Waals surface area contributed by atoms with Gasteiger partial charge in [-0.25, -0.2) is 14.6 Å². The number of thiazole rings is 1. The molecule has 0 spiro atoms. The van der Waals surface area contributed by atoms with E-state index < -0.39 is 18.0 Å². The molecule has 7 heteroatoms. The standard InChI is InChI=1S/C11H17N3O3S/c1-7(2)9(10(15)16)14-11(17)12-4-3-8-5-18-6-13-8/h5-7,9H,3-4H2,1-2H3,(H,15,16)(H2,12,14,17)/t9-/m0/s1. The lowest BCUT2D eigenvalue weighted by atomic mass is 10.1. The molecule has 2 amide bonds. The number of rotatable bonds is 6. The number of carboxylic acid groups (broad SMARTS) is 1. The van der Waals surface area contributed by atoms with Crippen LogP contribution in [0.2, 0.25) is 0 Å². The topological polar surface area (TPSA) is 91.3 Å². The molecule has 1 rings (SSSR count). The lowest BCUT2D eigenvalue weighted by Crippen LogP contribution is -2.48.